The lowest BCUT2D eigenvalue weighted by Gasteiger charge is -2.25. The van der Waals surface area contributed by atoms with Crippen LogP contribution in [0.1, 0.15) is 60.0 Å². The fraction of sp³-hybridized carbons (Fsp3) is 0.471. The van der Waals surface area contributed by atoms with Crippen molar-refractivity contribution in [1.29, 1.82) is 0 Å². The highest BCUT2D eigenvalue weighted by Gasteiger charge is 2.33. The summed E-state index contributed by atoms with van der Waals surface area (Å²) in [6.45, 7) is 0. The van der Waals surface area contributed by atoms with Crippen LogP contribution < -0.4 is 5.32 Å². The van der Waals surface area contributed by atoms with Gasteiger partial charge in [0.15, 0.2) is 5.69 Å². The number of pyridine rings is 1. The van der Waals surface area contributed by atoms with Crippen molar-refractivity contribution >= 4 is 24.2 Å². The molecule has 28 heavy (non-hydrogen) atoms. The Balaban J connectivity index is 1.82. The van der Waals surface area contributed by atoms with Crippen LogP contribution in [-0.2, 0) is 6.18 Å². The predicted octanol–water partition coefficient (Wildman–Crippen LogP) is 4.90. The maximum atomic E-state index is 13.3. The summed E-state index contributed by atoms with van der Waals surface area (Å²) >= 11 is 4.39. The number of hydrogen-bond acceptors (Lipinski definition) is 4. The second kappa shape index (κ2) is 8.06. The minimum atomic E-state index is -4.72. The first-order valence-electron chi connectivity index (χ1n) is 8.56. The molecule has 0 radical (unpaired) electrons. The van der Waals surface area contributed by atoms with Crippen molar-refractivity contribution in [3.8, 4) is 0 Å². The van der Waals surface area contributed by atoms with E-state index in [0.29, 0.717) is 12.8 Å². The van der Waals surface area contributed by atoms with E-state index in [-0.39, 0.29) is 17.0 Å². The molecule has 3 rings (SSSR count). The van der Waals surface area contributed by atoms with Crippen LogP contribution in [0.3, 0.4) is 0 Å². The summed E-state index contributed by atoms with van der Waals surface area (Å²) < 4.78 is 66.3. The van der Waals surface area contributed by atoms with E-state index in [1.165, 1.54) is 10.9 Å². The van der Waals surface area contributed by atoms with Crippen LogP contribution in [0.4, 0.5) is 27.6 Å². The number of carbonyl (C=O) groups is 1. The maximum Gasteiger partial charge on any atom is 0.433 e. The third kappa shape index (κ3) is 4.62. The Morgan fingerprint density at radius 1 is 1.21 bits per heavy atom. The average Bonchev–Trinajstić information content (AvgIpc) is 3.06. The topological polar surface area (TPSA) is 59.8 Å². The van der Waals surface area contributed by atoms with Crippen LogP contribution in [0, 0.1) is 0 Å². The van der Waals surface area contributed by atoms with Gasteiger partial charge >= 0.3 is 6.18 Å². The number of halogens is 5. The molecule has 1 aliphatic rings. The van der Waals surface area contributed by atoms with Gasteiger partial charge in [0.05, 0.1) is 11.7 Å². The highest BCUT2D eigenvalue weighted by atomic mass is 32.1. The van der Waals surface area contributed by atoms with Gasteiger partial charge in [-0.15, -0.1) is 0 Å². The number of alkyl halides is 5. The molecule has 1 saturated carbocycles. The summed E-state index contributed by atoms with van der Waals surface area (Å²) in [6.07, 6.45) is -3.34. The van der Waals surface area contributed by atoms with E-state index in [2.05, 4.69) is 28.0 Å². The Morgan fingerprint density at radius 2 is 1.89 bits per heavy atom. The molecular weight excluding hydrogens is 403 g/mol. The molecule has 0 unspecified atom stereocenters. The van der Waals surface area contributed by atoms with Crippen molar-refractivity contribution < 1.29 is 26.7 Å². The standard InChI is InChI=1S/C17H17F5N4OS/c18-15(19)14-12(8-26(25-14)9-4-6-10(28)7-5-9)24-16(27)11-2-1-3-13(23-11)17(20,21)22/h1-3,8-10,15,28H,4-7H2,(H,24,27). The molecule has 1 aliphatic carbocycles. The quantitative estimate of drug-likeness (QED) is 0.546. The lowest BCUT2D eigenvalue weighted by Crippen LogP contribution is -2.19. The molecule has 1 N–H and O–H groups in total. The van der Waals surface area contributed by atoms with Crippen molar-refractivity contribution in [3.63, 3.8) is 0 Å². The largest absolute Gasteiger partial charge is 0.433 e. The third-order valence-electron chi connectivity index (χ3n) is 4.53. The van der Waals surface area contributed by atoms with Gasteiger partial charge in [-0.25, -0.2) is 13.8 Å². The molecule has 0 spiro atoms. The van der Waals surface area contributed by atoms with Crippen molar-refractivity contribution in [3.05, 3.63) is 41.5 Å². The number of rotatable bonds is 4. The van der Waals surface area contributed by atoms with Crippen LogP contribution in [0.25, 0.3) is 0 Å². The molecule has 2 aromatic heterocycles. The van der Waals surface area contributed by atoms with Crippen LogP contribution in [0.2, 0.25) is 0 Å². The van der Waals surface area contributed by atoms with E-state index in [4.69, 9.17) is 0 Å². The van der Waals surface area contributed by atoms with Gasteiger partial charge in [-0.1, -0.05) is 6.07 Å². The Bertz CT molecular complexity index is 846. The molecule has 0 bridgehead atoms. The number of aromatic nitrogens is 3. The van der Waals surface area contributed by atoms with Gasteiger partial charge in [0, 0.05) is 11.4 Å². The van der Waals surface area contributed by atoms with Gasteiger partial charge in [0.25, 0.3) is 12.3 Å². The summed E-state index contributed by atoms with van der Waals surface area (Å²) in [5, 5.41) is 6.35. The van der Waals surface area contributed by atoms with Crippen molar-refractivity contribution in [1.82, 2.24) is 14.8 Å². The van der Waals surface area contributed by atoms with Crippen LogP contribution in [0.15, 0.2) is 24.4 Å². The number of carbonyl (C=O) groups excluding carboxylic acids is 1. The lowest BCUT2D eigenvalue weighted by molar-refractivity contribution is -0.141. The van der Waals surface area contributed by atoms with E-state index in [0.717, 1.165) is 31.0 Å². The number of anilines is 1. The van der Waals surface area contributed by atoms with Crippen molar-refractivity contribution in [2.24, 2.45) is 0 Å². The fourth-order valence-electron chi connectivity index (χ4n) is 3.08. The zero-order valence-electron chi connectivity index (χ0n) is 14.5. The number of hydrogen-bond donors (Lipinski definition) is 2. The smallest absolute Gasteiger partial charge is 0.318 e. The van der Waals surface area contributed by atoms with Gasteiger partial charge in [-0.3, -0.25) is 9.48 Å². The second-order valence-corrected chi connectivity index (χ2v) is 7.26. The summed E-state index contributed by atoms with van der Waals surface area (Å²) in [4.78, 5) is 15.5. The monoisotopic (exact) mass is 420 g/mol. The Hall–Kier alpha value is -2.17. The molecule has 0 aliphatic heterocycles. The highest BCUT2D eigenvalue weighted by molar-refractivity contribution is 7.80. The molecule has 2 aromatic rings. The second-order valence-electron chi connectivity index (χ2n) is 6.53. The van der Waals surface area contributed by atoms with E-state index < -0.39 is 35.6 Å². The summed E-state index contributed by atoms with van der Waals surface area (Å²) in [7, 11) is 0. The molecule has 152 valence electrons. The first kappa shape index (κ1) is 20.6. The average molecular weight is 420 g/mol. The molecule has 0 saturated heterocycles. The van der Waals surface area contributed by atoms with E-state index in [1.807, 2.05) is 0 Å². The Kier molecular flexibility index (Phi) is 5.92. The normalized spacial score (nSPS) is 20.4. The molecule has 1 amide bonds. The first-order valence-corrected chi connectivity index (χ1v) is 9.07. The number of nitrogens with one attached hydrogen (secondary N) is 1. The zero-order valence-corrected chi connectivity index (χ0v) is 15.4. The minimum Gasteiger partial charge on any atom is -0.318 e. The highest BCUT2D eigenvalue weighted by Crippen LogP contribution is 2.34. The van der Waals surface area contributed by atoms with Gasteiger partial charge in [-0.05, 0) is 37.8 Å². The van der Waals surface area contributed by atoms with E-state index in [9.17, 15) is 26.7 Å². The molecule has 1 fully saturated rings. The van der Waals surface area contributed by atoms with Gasteiger partial charge in [0.1, 0.15) is 11.4 Å². The number of thiol groups is 1. The molecule has 11 heteroatoms. The van der Waals surface area contributed by atoms with Gasteiger partial charge in [0.2, 0.25) is 0 Å². The Labute approximate surface area is 162 Å². The van der Waals surface area contributed by atoms with Crippen molar-refractivity contribution in [2.45, 2.75) is 49.6 Å². The van der Waals surface area contributed by atoms with Gasteiger partial charge < -0.3 is 5.32 Å². The number of amides is 1. The molecule has 0 atom stereocenters. The SMILES string of the molecule is O=C(Nc1cn(C2CCC(S)CC2)nc1C(F)F)c1cccc(C(F)(F)F)n1. The zero-order chi connectivity index (χ0) is 20.5. The summed E-state index contributed by atoms with van der Waals surface area (Å²) in [5.74, 6) is -1.02. The lowest BCUT2D eigenvalue weighted by atomic mass is 9.95. The fourth-order valence-corrected chi connectivity index (χ4v) is 3.38. The summed E-state index contributed by atoms with van der Waals surface area (Å²) in [5.41, 5.74) is -2.65. The van der Waals surface area contributed by atoms with Crippen LogP contribution in [-0.4, -0.2) is 25.9 Å². The molecule has 0 aromatic carbocycles. The number of nitrogens with zero attached hydrogens (tertiary/aromatic N) is 3. The molecular formula is C17H17F5N4OS. The van der Waals surface area contributed by atoms with Crippen LogP contribution in [0.5, 0.6) is 0 Å². The predicted molar refractivity (Wildman–Crippen MR) is 94.7 cm³/mol. The van der Waals surface area contributed by atoms with E-state index >= 15 is 0 Å². The minimum absolute atomic E-state index is 0.0989. The maximum absolute atomic E-state index is 13.3. The Morgan fingerprint density at radius 3 is 2.50 bits per heavy atom. The van der Waals surface area contributed by atoms with Crippen LogP contribution >= 0.6 is 12.6 Å². The summed E-state index contributed by atoms with van der Waals surface area (Å²) in [6, 6.07) is 2.72. The third-order valence-corrected chi connectivity index (χ3v) is 5.04. The molecule has 2 heterocycles. The van der Waals surface area contributed by atoms with Crippen molar-refractivity contribution in [2.75, 3.05) is 5.32 Å². The first-order chi connectivity index (χ1) is 13.1. The van der Waals surface area contributed by atoms with Gasteiger partial charge in [-0.2, -0.15) is 30.9 Å². The van der Waals surface area contributed by atoms with E-state index in [1.54, 1.807) is 0 Å². The molecule has 5 nitrogen and oxygen atoms in total.